The lowest BCUT2D eigenvalue weighted by atomic mass is 9.99. The van der Waals surface area contributed by atoms with Gasteiger partial charge >= 0.3 is 5.69 Å². The highest BCUT2D eigenvalue weighted by Gasteiger charge is 2.14. The second-order valence-corrected chi connectivity index (χ2v) is 7.96. The minimum Gasteiger partial charge on any atom is -0.306 e. The van der Waals surface area contributed by atoms with Crippen molar-refractivity contribution in [1.29, 1.82) is 0 Å². The Morgan fingerprint density at radius 3 is 2.59 bits per heavy atom. The van der Waals surface area contributed by atoms with Gasteiger partial charge in [-0.3, -0.25) is 14.3 Å². The van der Waals surface area contributed by atoms with Crippen LogP contribution in [-0.2, 0) is 6.54 Å². The highest BCUT2D eigenvalue weighted by Crippen LogP contribution is 2.23. The van der Waals surface area contributed by atoms with Crippen LogP contribution < -0.4 is 11.2 Å². The molecule has 1 aliphatic heterocycles. The Labute approximate surface area is 174 Å². The van der Waals surface area contributed by atoms with Crippen LogP contribution in [0.1, 0.15) is 24.0 Å². The Hall–Kier alpha value is -2.63. The molecule has 0 saturated carbocycles. The van der Waals surface area contributed by atoms with Gasteiger partial charge in [-0.05, 0) is 54.7 Å². The van der Waals surface area contributed by atoms with E-state index in [2.05, 4.69) is 28.1 Å². The Kier molecular flexibility index (Phi) is 5.69. The van der Waals surface area contributed by atoms with Crippen LogP contribution in [0.25, 0.3) is 16.5 Å². The minimum absolute atomic E-state index is 0.212. The number of aromatic nitrogens is 2. The van der Waals surface area contributed by atoms with E-state index in [9.17, 15) is 9.59 Å². The van der Waals surface area contributed by atoms with Crippen molar-refractivity contribution in [3.05, 3.63) is 85.5 Å². The third kappa shape index (κ3) is 4.21. The number of halogens is 1. The van der Waals surface area contributed by atoms with Gasteiger partial charge in [-0.1, -0.05) is 41.9 Å². The summed E-state index contributed by atoms with van der Waals surface area (Å²) in [5.74, 6) is 0. The van der Waals surface area contributed by atoms with E-state index in [4.69, 9.17) is 11.6 Å². The summed E-state index contributed by atoms with van der Waals surface area (Å²) >= 11 is 5.97. The van der Waals surface area contributed by atoms with Crippen molar-refractivity contribution in [2.24, 2.45) is 0 Å². The van der Waals surface area contributed by atoms with E-state index in [-0.39, 0.29) is 11.2 Å². The molecule has 4 rings (SSSR count). The fourth-order valence-corrected chi connectivity index (χ4v) is 4.05. The summed E-state index contributed by atoms with van der Waals surface area (Å²) in [5.41, 5.74) is 3.56. The van der Waals surface area contributed by atoms with Gasteiger partial charge in [0.15, 0.2) is 0 Å². The molecule has 0 radical (unpaired) electrons. The highest BCUT2D eigenvalue weighted by atomic mass is 35.5. The van der Waals surface area contributed by atoms with Crippen molar-refractivity contribution in [1.82, 2.24) is 14.5 Å². The maximum absolute atomic E-state index is 12.7. The molecule has 0 amide bonds. The number of nitrogens with zero attached hydrogens (tertiary/aromatic N) is 2. The number of rotatable bonds is 5. The van der Waals surface area contributed by atoms with E-state index in [1.807, 2.05) is 31.2 Å². The van der Waals surface area contributed by atoms with E-state index in [0.717, 1.165) is 43.1 Å². The van der Waals surface area contributed by atoms with Gasteiger partial charge in [0, 0.05) is 31.2 Å². The lowest BCUT2D eigenvalue weighted by Crippen LogP contribution is -2.37. The standard InChI is InChI=1S/C23H24ClN3O2/c1-16-4-2-5-20-21(16)25-23(29)27(22(20)28)13-3-12-26-14-10-18(11-15-26)17-6-8-19(24)9-7-17/h2,4-10H,3,11-15H2,1H3,(H,25,29). The van der Waals surface area contributed by atoms with Crippen LogP contribution in [0.4, 0.5) is 0 Å². The van der Waals surface area contributed by atoms with Gasteiger partial charge in [0.1, 0.15) is 0 Å². The van der Waals surface area contributed by atoms with Crippen LogP contribution >= 0.6 is 11.6 Å². The van der Waals surface area contributed by atoms with Crippen LogP contribution in [0, 0.1) is 6.92 Å². The van der Waals surface area contributed by atoms with Gasteiger partial charge in [-0.2, -0.15) is 0 Å². The number of para-hydroxylation sites is 1. The van der Waals surface area contributed by atoms with Crippen LogP contribution in [0.3, 0.4) is 0 Å². The van der Waals surface area contributed by atoms with Gasteiger partial charge in [0.25, 0.3) is 5.56 Å². The summed E-state index contributed by atoms with van der Waals surface area (Å²) in [6.45, 7) is 5.01. The summed E-state index contributed by atoms with van der Waals surface area (Å²) < 4.78 is 1.32. The van der Waals surface area contributed by atoms with Crippen molar-refractivity contribution in [3.63, 3.8) is 0 Å². The molecule has 150 valence electrons. The third-order valence-electron chi connectivity index (χ3n) is 5.59. The fourth-order valence-electron chi connectivity index (χ4n) is 3.92. The maximum Gasteiger partial charge on any atom is 0.328 e. The molecule has 1 aliphatic rings. The Bertz CT molecular complexity index is 1180. The number of fused-ring (bicyclic) bond motifs is 1. The molecule has 3 aromatic rings. The SMILES string of the molecule is Cc1cccc2c(=O)n(CCCN3CC=C(c4ccc(Cl)cc4)CC3)c(=O)[nH]c12. The van der Waals surface area contributed by atoms with Crippen molar-refractivity contribution in [2.45, 2.75) is 26.3 Å². The van der Waals surface area contributed by atoms with E-state index in [1.165, 1.54) is 15.7 Å². The molecular formula is C23H24ClN3O2. The molecule has 2 heterocycles. The van der Waals surface area contributed by atoms with Crippen LogP contribution in [0.15, 0.2) is 58.1 Å². The van der Waals surface area contributed by atoms with Crippen molar-refractivity contribution < 1.29 is 0 Å². The molecule has 0 unspecified atom stereocenters. The molecule has 6 heteroatoms. The average molecular weight is 410 g/mol. The number of hydrogen-bond acceptors (Lipinski definition) is 3. The number of benzene rings is 2. The Morgan fingerprint density at radius 1 is 1.07 bits per heavy atom. The second kappa shape index (κ2) is 8.39. The molecule has 1 N–H and O–H groups in total. The fraction of sp³-hybridized carbons (Fsp3) is 0.304. The summed E-state index contributed by atoms with van der Waals surface area (Å²) in [5, 5.41) is 1.32. The number of H-pyrrole nitrogens is 1. The quantitative estimate of drug-likeness (QED) is 0.696. The van der Waals surface area contributed by atoms with E-state index in [0.29, 0.717) is 17.4 Å². The zero-order valence-corrected chi connectivity index (χ0v) is 17.2. The van der Waals surface area contributed by atoms with Gasteiger partial charge in [0.2, 0.25) is 0 Å². The molecule has 5 nitrogen and oxygen atoms in total. The van der Waals surface area contributed by atoms with Crippen LogP contribution in [0.5, 0.6) is 0 Å². The minimum atomic E-state index is -0.333. The second-order valence-electron chi connectivity index (χ2n) is 7.52. The normalized spacial score (nSPS) is 14.9. The first-order valence-corrected chi connectivity index (χ1v) is 10.3. The maximum atomic E-state index is 12.7. The summed E-state index contributed by atoms with van der Waals surface area (Å²) in [4.78, 5) is 30.3. The molecule has 0 saturated heterocycles. The van der Waals surface area contributed by atoms with E-state index >= 15 is 0 Å². The molecule has 2 aromatic carbocycles. The van der Waals surface area contributed by atoms with Crippen LogP contribution in [-0.4, -0.2) is 34.1 Å². The molecule has 0 bridgehead atoms. The zero-order valence-electron chi connectivity index (χ0n) is 16.5. The summed E-state index contributed by atoms with van der Waals surface area (Å²) in [6.07, 6.45) is 3.99. The zero-order chi connectivity index (χ0) is 20.4. The largest absolute Gasteiger partial charge is 0.328 e. The van der Waals surface area contributed by atoms with Gasteiger partial charge in [0.05, 0.1) is 10.9 Å². The molecule has 0 atom stereocenters. The van der Waals surface area contributed by atoms with Crippen LogP contribution in [0.2, 0.25) is 5.02 Å². The van der Waals surface area contributed by atoms with Crippen molar-refractivity contribution >= 4 is 28.1 Å². The smallest absolute Gasteiger partial charge is 0.306 e. The van der Waals surface area contributed by atoms with Crippen molar-refractivity contribution in [3.8, 4) is 0 Å². The summed E-state index contributed by atoms with van der Waals surface area (Å²) in [7, 11) is 0. The number of hydrogen-bond donors (Lipinski definition) is 1. The molecule has 0 fully saturated rings. The first-order valence-electron chi connectivity index (χ1n) is 9.93. The Balaban J connectivity index is 1.39. The van der Waals surface area contributed by atoms with Gasteiger partial charge in [-0.15, -0.1) is 0 Å². The van der Waals surface area contributed by atoms with Crippen molar-refractivity contribution in [2.75, 3.05) is 19.6 Å². The first-order chi connectivity index (χ1) is 14.0. The predicted octanol–water partition coefficient (Wildman–Crippen LogP) is 3.83. The van der Waals surface area contributed by atoms with Gasteiger partial charge < -0.3 is 4.98 Å². The molecule has 29 heavy (non-hydrogen) atoms. The van der Waals surface area contributed by atoms with Gasteiger partial charge in [-0.25, -0.2) is 4.79 Å². The molecular weight excluding hydrogens is 386 g/mol. The average Bonchev–Trinajstić information content (AvgIpc) is 2.72. The Morgan fingerprint density at radius 2 is 1.86 bits per heavy atom. The number of aryl methyl sites for hydroxylation is 1. The number of nitrogens with one attached hydrogen (secondary N) is 1. The lowest BCUT2D eigenvalue weighted by molar-refractivity contribution is 0.290. The summed E-state index contributed by atoms with van der Waals surface area (Å²) in [6, 6.07) is 13.5. The highest BCUT2D eigenvalue weighted by molar-refractivity contribution is 6.30. The third-order valence-corrected chi connectivity index (χ3v) is 5.84. The predicted molar refractivity (Wildman–Crippen MR) is 119 cm³/mol. The molecule has 0 spiro atoms. The van der Waals surface area contributed by atoms with E-state index in [1.54, 1.807) is 6.07 Å². The van der Waals surface area contributed by atoms with E-state index < -0.39 is 0 Å². The number of aromatic amines is 1. The molecule has 1 aromatic heterocycles. The monoisotopic (exact) mass is 409 g/mol. The topological polar surface area (TPSA) is 58.1 Å². The lowest BCUT2D eigenvalue weighted by Gasteiger charge is -2.26. The first kappa shape index (κ1) is 19.7. The molecule has 0 aliphatic carbocycles.